The third-order valence-electron chi connectivity index (χ3n) is 3.62. The number of anilines is 1. The van der Waals surface area contributed by atoms with Gasteiger partial charge in [0.15, 0.2) is 0 Å². The number of halogens is 3. The molecule has 10 heteroatoms. The molecule has 1 heterocycles. The van der Waals surface area contributed by atoms with Gasteiger partial charge in [0.05, 0.1) is 16.5 Å². The van der Waals surface area contributed by atoms with Gasteiger partial charge in [-0.15, -0.1) is 5.10 Å². The van der Waals surface area contributed by atoms with Crippen LogP contribution in [0.2, 0.25) is 0 Å². The summed E-state index contributed by atoms with van der Waals surface area (Å²) in [7, 11) is 0. The van der Waals surface area contributed by atoms with Crippen LogP contribution in [0.5, 0.6) is 0 Å². The Kier molecular flexibility index (Phi) is 6.85. The number of carbonyl (C=O) groups excluding carboxylic acids is 1. The average Bonchev–Trinajstić information content (AvgIpc) is 2.97. The second-order valence-corrected chi connectivity index (χ2v) is 7.96. The standard InChI is InChI=1S/C17H22F3N5OS/c1-10(2)9-25-16(22-23-24-25)27-14(11(3)4)15(26)21-13-8-6-5-7-12(13)17(18,19)20/h5-8,10-11,14H,9H2,1-4H3,(H,21,26). The van der Waals surface area contributed by atoms with Gasteiger partial charge in [-0.25, -0.2) is 4.68 Å². The molecule has 0 aliphatic carbocycles. The van der Waals surface area contributed by atoms with E-state index < -0.39 is 22.9 Å². The Labute approximate surface area is 159 Å². The summed E-state index contributed by atoms with van der Waals surface area (Å²) < 4.78 is 41.1. The van der Waals surface area contributed by atoms with Gasteiger partial charge in [0, 0.05) is 6.54 Å². The van der Waals surface area contributed by atoms with Crippen LogP contribution in [0.25, 0.3) is 0 Å². The molecule has 1 aromatic carbocycles. The van der Waals surface area contributed by atoms with Gasteiger partial charge >= 0.3 is 6.18 Å². The van der Waals surface area contributed by atoms with E-state index in [1.54, 1.807) is 4.68 Å². The van der Waals surface area contributed by atoms with E-state index in [1.165, 1.54) is 18.2 Å². The Balaban J connectivity index is 2.21. The molecule has 148 valence electrons. The lowest BCUT2D eigenvalue weighted by atomic mass is 10.1. The molecule has 6 nitrogen and oxygen atoms in total. The van der Waals surface area contributed by atoms with Gasteiger partial charge in [-0.1, -0.05) is 51.6 Å². The highest BCUT2D eigenvalue weighted by atomic mass is 32.2. The number of alkyl halides is 3. The fourth-order valence-electron chi connectivity index (χ4n) is 2.39. The van der Waals surface area contributed by atoms with Crippen LogP contribution in [0.1, 0.15) is 33.3 Å². The largest absolute Gasteiger partial charge is 0.418 e. The minimum absolute atomic E-state index is 0.141. The first kappa shape index (κ1) is 21.2. The minimum atomic E-state index is -4.55. The van der Waals surface area contributed by atoms with E-state index in [4.69, 9.17) is 0 Å². The van der Waals surface area contributed by atoms with Gasteiger partial charge in [-0.3, -0.25) is 4.79 Å². The van der Waals surface area contributed by atoms with Crippen molar-refractivity contribution < 1.29 is 18.0 Å². The third kappa shape index (κ3) is 5.69. The van der Waals surface area contributed by atoms with E-state index in [2.05, 4.69) is 20.8 Å². The Morgan fingerprint density at radius 1 is 1.22 bits per heavy atom. The first-order valence-electron chi connectivity index (χ1n) is 8.49. The van der Waals surface area contributed by atoms with Gasteiger partial charge in [0.1, 0.15) is 0 Å². The van der Waals surface area contributed by atoms with Gasteiger partial charge in [-0.2, -0.15) is 13.2 Å². The van der Waals surface area contributed by atoms with Gasteiger partial charge in [0.25, 0.3) is 0 Å². The fraction of sp³-hybridized carbons (Fsp3) is 0.529. The van der Waals surface area contributed by atoms with Crippen molar-refractivity contribution in [3.8, 4) is 0 Å². The summed E-state index contributed by atoms with van der Waals surface area (Å²) >= 11 is 1.15. The molecule has 27 heavy (non-hydrogen) atoms. The van der Waals surface area contributed by atoms with Gasteiger partial charge < -0.3 is 5.32 Å². The van der Waals surface area contributed by atoms with E-state index in [0.29, 0.717) is 17.6 Å². The molecular formula is C17H22F3N5OS. The lowest BCUT2D eigenvalue weighted by molar-refractivity contribution is -0.137. The molecule has 0 saturated heterocycles. The molecule has 0 aliphatic heterocycles. The van der Waals surface area contributed by atoms with Gasteiger partial charge in [-0.05, 0) is 34.4 Å². The number of thioether (sulfide) groups is 1. The molecule has 1 amide bonds. The highest BCUT2D eigenvalue weighted by Crippen LogP contribution is 2.35. The van der Waals surface area contributed by atoms with E-state index in [9.17, 15) is 18.0 Å². The van der Waals surface area contributed by atoms with Crippen LogP contribution in [0.4, 0.5) is 18.9 Å². The Bertz CT molecular complexity index is 776. The lowest BCUT2D eigenvalue weighted by Crippen LogP contribution is -2.31. The summed E-state index contributed by atoms with van der Waals surface area (Å²) in [6, 6.07) is 4.92. The van der Waals surface area contributed by atoms with Crippen LogP contribution in [0.3, 0.4) is 0 Å². The molecule has 1 N–H and O–H groups in total. The maximum atomic E-state index is 13.2. The summed E-state index contributed by atoms with van der Waals surface area (Å²) in [5, 5.41) is 13.7. The van der Waals surface area contributed by atoms with E-state index in [-0.39, 0.29) is 11.6 Å². The molecule has 0 spiro atoms. The highest BCUT2D eigenvalue weighted by Gasteiger charge is 2.34. The average molecular weight is 401 g/mol. The highest BCUT2D eigenvalue weighted by molar-refractivity contribution is 8.00. The first-order valence-corrected chi connectivity index (χ1v) is 9.37. The first-order chi connectivity index (χ1) is 12.6. The lowest BCUT2D eigenvalue weighted by Gasteiger charge is -2.21. The molecule has 1 atom stereocenters. The Morgan fingerprint density at radius 2 is 1.89 bits per heavy atom. The zero-order valence-electron chi connectivity index (χ0n) is 15.5. The predicted octanol–water partition coefficient (Wildman–Crippen LogP) is 4.10. The number of hydrogen-bond acceptors (Lipinski definition) is 5. The van der Waals surface area contributed by atoms with Crippen molar-refractivity contribution in [1.29, 1.82) is 0 Å². The van der Waals surface area contributed by atoms with E-state index in [0.717, 1.165) is 17.8 Å². The second kappa shape index (κ2) is 8.73. The van der Waals surface area contributed by atoms with Crippen LogP contribution in [0.15, 0.2) is 29.4 Å². The molecule has 0 aliphatic rings. The molecular weight excluding hydrogens is 379 g/mol. The molecule has 0 fully saturated rings. The number of rotatable bonds is 7. The van der Waals surface area contributed by atoms with Crippen LogP contribution in [-0.2, 0) is 17.5 Å². The number of hydrogen-bond donors (Lipinski definition) is 1. The van der Waals surface area contributed by atoms with Crippen molar-refractivity contribution in [2.45, 2.75) is 50.8 Å². The van der Waals surface area contributed by atoms with Crippen molar-refractivity contribution in [1.82, 2.24) is 20.2 Å². The Hall–Kier alpha value is -2.10. The fourth-order valence-corrected chi connectivity index (χ4v) is 3.37. The van der Waals surface area contributed by atoms with Crippen LogP contribution < -0.4 is 5.32 Å². The second-order valence-electron chi connectivity index (χ2n) is 6.85. The molecule has 1 aromatic heterocycles. The normalized spacial score (nSPS) is 13.2. The molecule has 2 aromatic rings. The number of carbonyl (C=O) groups is 1. The number of nitrogens with zero attached hydrogens (tertiary/aromatic N) is 4. The maximum Gasteiger partial charge on any atom is 0.418 e. The third-order valence-corrected chi connectivity index (χ3v) is 5.14. The Morgan fingerprint density at radius 3 is 2.48 bits per heavy atom. The smallest absolute Gasteiger partial charge is 0.325 e. The summed E-state index contributed by atoms with van der Waals surface area (Å²) in [4.78, 5) is 12.7. The monoisotopic (exact) mass is 401 g/mol. The molecule has 0 saturated carbocycles. The van der Waals surface area contributed by atoms with Crippen molar-refractivity contribution >= 4 is 23.4 Å². The minimum Gasteiger partial charge on any atom is -0.325 e. The number of aromatic nitrogens is 4. The SMILES string of the molecule is CC(C)Cn1nnnc1SC(C(=O)Nc1ccccc1C(F)(F)F)C(C)C. The zero-order valence-corrected chi connectivity index (χ0v) is 16.3. The zero-order chi connectivity index (χ0) is 20.2. The summed E-state index contributed by atoms with van der Waals surface area (Å²) in [6.07, 6.45) is -4.55. The number of tetrazole rings is 1. The number of benzene rings is 1. The van der Waals surface area contributed by atoms with Crippen LogP contribution in [0, 0.1) is 11.8 Å². The molecule has 0 radical (unpaired) electrons. The summed E-state index contributed by atoms with van der Waals surface area (Å²) in [5.41, 5.74) is -1.14. The summed E-state index contributed by atoms with van der Waals surface area (Å²) in [6.45, 7) is 8.25. The van der Waals surface area contributed by atoms with Crippen molar-refractivity contribution in [3.05, 3.63) is 29.8 Å². The van der Waals surface area contributed by atoms with Gasteiger partial charge in [0.2, 0.25) is 11.1 Å². The number of para-hydroxylation sites is 1. The molecule has 2 rings (SSSR count). The van der Waals surface area contributed by atoms with Crippen molar-refractivity contribution in [2.75, 3.05) is 5.32 Å². The predicted molar refractivity (Wildman–Crippen MR) is 97.2 cm³/mol. The quantitative estimate of drug-likeness (QED) is 0.707. The van der Waals surface area contributed by atoms with Crippen LogP contribution in [-0.4, -0.2) is 31.4 Å². The van der Waals surface area contributed by atoms with Crippen LogP contribution >= 0.6 is 11.8 Å². The maximum absolute atomic E-state index is 13.2. The number of nitrogens with one attached hydrogen (secondary N) is 1. The molecule has 0 bridgehead atoms. The van der Waals surface area contributed by atoms with Crippen molar-refractivity contribution in [3.63, 3.8) is 0 Å². The topological polar surface area (TPSA) is 72.7 Å². The number of amides is 1. The molecule has 1 unspecified atom stereocenters. The van der Waals surface area contributed by atoms with Crippen molar-refractivity contribution in [2.24, 2.45) is 11.8 Å². The summed E-state index contributed by atoms with van der Waals surface area (Å²) in [5.74, 6) is -0.360. The van der Waals surface area contributed by atoms with E-state index >= 15 is 0 Å². The van der Waals surface area contributed by atoms with E-state index in [1.807, 2.05) is 27.7 Å².